The lowest BCUT2D eigenvalue weighted by Gasteiger charge is -2.03. The summed E-state index contributed by atoms with van der Waals surface area (Å²) in [5.74, 6) is -0.980. The third-order valence-corrected chi connectivity index (χ3v) is 3.51. The van der Waals surface area contributed by atoms with E-state index in [1.807, 2.05) is 0 Å². The minimum atomic E-state index is -0.606. The van der Waals surface area contributed by atoms with Gasteiger partial charge in [-0.25, -0.2) is 4.79 Å². The molecule has 1 N–H and O–H groups in total. The van der Waals surface area contributed by atoms with E-state index in [4.69, 9.17) is 11.6 Å². The summed E-state index contributed by atoms with van der Waals surface area (Å²) in [6.07, 6.45) is 3.02. The lowest BCUT2D eigenvalue weighted by Crippen LogP contribution is -2.12. The SMILES string of the molecule is COC(=O)c1nn(C)c(C)c1NC(=O)/C=C/c1ccc(Cl)cc1. The molecule has 0 bridgehead atoms. The maximum Gasteiger partial charge on any atom is 0.360 e. The Morgan fingerprint density at radius 3 is 2.57 bits per heavy atom. The van der Waals surface area contributed by atoms with Crippen molar-refractivity contribution >= 4 is 35.2 Å². The van der Waals surface area contributed by atoms with Gasteiger partial charge in [0.25, 0.3) is 0 Å². The number of carbonyl (C=O) groups is 2. The number of nitrogens with one attached hydrogen (secondary N) is 1. The molecule has 0 radical (unpaired) electrons. The molecule has 0 aliphatic rings. The molecule has 120 valence electrons. The van der Waals surface area contributed by atoms with Crippen LogP contribution in [0.5, 0.6) is 0 Å². The normalized spacial score (nSPS) is 10.8. The topological polar surface area (TPSA) is 73.2 Å². The molecule has 1 amide bonds. The Morgan fingerprint density at radius 2 is 1.96 bits per heavy atom. The van der Waals surface area contributed by atoms with E-state index in [-0.39, 0.29) is 11.6 Å². The number of aryl methyl sites for hydroxylation is 1. The van der Waals surface area contributed by atoms with Crippen LogP contribution < -0.4 is 5.32 Å². The van der Waals surface area contributed by atoms with Gasteiger partial charge in [-0.2, -0.15) is 5.10 Å². The molecule has 0 saturated heterocycles. The van der Waals surface area contributed by atoms with Gasteiger partial charge in [0.15, 0.2) is 5.69 Å². The second-order valence-electron chi connectivity index (χ2n) is 4.80. The first-order valence-electron chi connectivity index (χ1n) is 6.79. The predicted octanol–water partition coefficient (Wildman–Crippen LogP) is 2.82. The van der Waals surface area contributed by atoms with E-state index >= 15 is 0 Å². The molecule has 1 heterocycles. The van der Waals surface area contributed by atoms with Gasteiger partial charge in [0, 0.05) is 18.1 Å². The molecule has 0 atom stereocenters. The van der Waals surface area contributed by atoms with Gasteiger partial charge in [-0.3, -0.25) is 9.48 Å². The number of aromatic nitrogens is 2. The highest BCUT2D eigenvalue weighted by Crippen LogP contribution is 2.20. The number of benzene rings is 1. The minimum absolute atomic E-state index is 0.0701. The zero-order valence-electron chi connectivity index (χ0n) is 13.0. The van der Waals surface area contributed by atoms with Crippen molar-refractivity contribution in [3.8, 4) is 0 Å². The van der Waals surface area contributed by atoms with Gasteiger partial charge < -0.3 is 10.1 Å². The quantitative estimate of drug-likeness (QED) is 0.689. The third kappa shape index (κ3) is 3.98. The molecule has 6 nitrogen and oxygen atoms in total. The summed E-state index contributed by atoms with van der Waals surface area (Å²) in [5, 5.41) is 7.34. The molecule has 0 unspecified atom stereocenters. The van der Waals surface area contributed by atoms with Crippen LogP contribution >= 0.6 is 11.6 Å². The van der Waals surface area contributed by atoms with Crippen LogP contribution in [0.4, 0.5) is 5.69 Å². The Kier molecular flexibility index (Phi) is 5.18. The number of amides is 1. The fourth-order valence-electron chi connectivity index (χ4n) is 1.91. The van der Waals surface area contributed by atoms with Crippen molar-refractivity contribution in [1.82, 2.24) is 9.78 Å². The van der Waals surface area contributed by atoms with Crippen LogP contribution in [0.3, 0.4) is 0 Å². The second-order valence-corrected chi connectivity index (χ2v) is 5.23. The molecule has 0 saturated carbocycles. The van der Waals surface area contributed by atoms with E-state index in [0.717, 1.165) is 5.56 Å². The number of esters is 1. The summed E-state index contributed by atoms with van der Waals surface area (Å²) in [4.78, 5) is 23.8. The summed E-state index contributed by atoms with van der Waals surface area (Å²) in [5.41, 5.74) is 1.89. The summed E-state index contributed by atoms with van der Waals surface area (Å²) in [6.45, 7) is 1.75. The Morgan fingerprint density at radius 1 is 1.30 bits per heavy atom. The number of anilines is 1. The number of nitrogens with zero attached hydrogens (tertiary/aromatic N) is 2. The maximum atomic E-state index is 12.1. The number of hydrogen-bond donors (Lipinski definition) is 1. The summed E-state index contributed by atoms with van der Waals surface area (Å²) < 4.78 is 6.18. The molecule has 0 aliphatic heterocycles. The molecular weight excluding hydrogens is 318 g/mol. The molecule has 23 heavy (non-hydrogen) atoms. The highest BCUT2D eigenvalue weighted by molar-refractivity contribution is 6.30. The van der Waals surface area contributed by atoms with Crippen LogP contribution in [0, 0.1) is 6.92 Å². The lowest BCUT2D eigenvalue weighted by molar-refractivity contribution is -0.111. The molecule has 2 rings (SSSR count). The van der Waals surface area contributed by atoms with Crippen LogP contribution in [0.15, 0.2) is 30.3 Å². The smallest absolute Gasteiger partial charge is 0.360 e. The average Bonchev–Trinajstić information content (AvgIpc) is 2.82. The van der Waals surface area contributed by atoms with Gasteiger partial charge in [-0.05, 0) is 30.7 Å². The molecular formula is C16H16ClN3O3. The average molecular weight is 334 g/mol. The Bertz CT molecular complexity index is 764. The Balaban J connectivity index is 2.17. The third-order valence-electron chi connectivity index (χ3n) is 3.26. The van der Waals surface area contributed by atoms with E-state index in [9.17, 15) is 9.59 Å². The van der Waals surface area contributed by atoms with Crippen LogP contribution in [-0.2, 0) is 16.6 Å². The molecule has 0 spiro atoms. The van der Waals surface area contributed by atoms with Gasteiger partial charge >= 0.3 is 5.97 Å². The molecule has 1 aromatic heterocycles. The number of halogens is 1. The second kappa shape index (κ2) is 7.11. The monoisotopic (exact) mass is 333 g/mol. The zero-order valence-corrected chi connectivity index (χ0v) is 13.7. The van der Waals surface area contributed by atoms with Crippen molar-refractivity contribution in [3.63, 3.8) is 0 Å². The van der Waals surface area contributed by atoms with E-state index in [2.05, 4.69) is 15.2 Å². The first kappa shape index (κ1) is 16.8. The van der Waals surface area contributed by atoms with E-state index in [1.165, 1.54) is 17.9 Å². The summed E-state index contributed by atoms with van der Waals surface area (Å²) in [6, 6.07) is 7.06. The lowest BCUT2D eigenvalue weighted by atomic mass is 10.2. The van der Waals surface area contributed by atoms with Gasteiger partial charge in [0.1, 0.15) is 0 Å². The first-order chi connectivity index (χ1) is 10.9. The van der Waals surface area contributed by atoms with Gasteiger partial charge in [-0.15, -0.1) is 0 Å². The number of rotatable bonds is 4. The zero-order chi connectivity index (χ0) is 17.0. The molecule has 1 aromatic carbocycles. The van der Waals surface area contributed by atoms with Gasteiger partial charge in [-0.1, -0.05) is 23.7 Å². The van der Waals surface area contributed by atoms with Crippen molar-refractivity contribution in [2.45, 2.75) is 6.92 Å². The molecule has 7 heteroatoms. The molecule has 2 aromatic rings. The van der Waals surface area contributed by atoms with Crippen molar-refractivity contribution in [1.29, 1.82) is 0 Å². The maximum absolute atomic E-state index is 12.1. The fourth-order valence-corrected chi connectivity index (χ4v) is 2.03. The number of carbonyl (C=O) groups excluding carboxylic acids is 2. The van der Waals surface area contributed by atoms with Gasteiger partial charge in [0.05, 0.1) is 18.5 Å². The van der Waals surface area contributed by atoms with Crippen molar-refractivity contribution in [2.75, 3.05) is 12.4 Å². The fraction of sp³-hybridized carbons (Fsp3) is 0.188. The van der Waals surface area contributed by atoms with E-state index in [1.54, 1.807) is 44.3 Å². The number of methoxy groups -OCH3 is 1. The van der Waals surface area contributed by atoms with E-state index in [0.29, 0.717) is 16.4 Å². The first-order valence-corrected chi connectivity index (χ1v) is 7.16. The highest BCUT2D eigenvalue weighted by atomic mass is 35.5. The number of ether oxygens (including phenoxy) is 1. The standard InChI is InChI=1S/C16H16ClN3O3/c1-10-14(15(16(22)23-3)19-20(10)2)18-13(21)9-6-11-4-7-12(17)8-5-11/h4-9H,1-3H3,(H,18,21)/b9-6+. The van der Waals surface area contributed by atoms with Crippen LogP contribution in [-0.4, -0.2) is 28.8 Å². The Labute approximate surface area is 138 Å². The largest absolute Gasteiger partial charge is 0.464 e. The summed E-state index contributed by atoms with van der Waals surface area (Å²) >= 11 is 5.81. The highest BCUT2D eigenvalue weighted by Gasteiger charge is 2.21. The van der Waals surface area contributed by atoms with Crippen molar-refractivity contribution in [3.05, 3.63) is 52.3 Å². The molecule has 0 aliphatic carbocycles. The number of hydrogen-bond acceptors (Lipinski definition) is 4. The van der Waals surface area contributed by atoms with Gasteiger partial charge in [0.2, 0.25) is 5.91 Å². The van der Waals surface area contributed by atoms with Crippen molar-refractivity contribution in [2.24, 2.45) is 7.05 Å². The van der Waals surface area contributed by atoms with E-state index < -0.39 is 5.97 Å². The minimum Gasteiger partial charge on any atom is -0.464 e. The van der Waals surface area contributed by atoms with Crippen LogP contribution in [0.1, 0.15) is 21.7 Å². The van der Waals surface area contributed by atoms with Crippen LogP contribution in [0.25, 0.3) is 6.08 Å². The van der Waals surface area contributed by atoms with Crippen molar-refractivity contribution < 1.29 is 14.3 Å². The van der Waals surface area contributed by atoms with Crippen LogP contribution in [0.2, 0.25) is 5.02 Å². The predicted molar refractivity (Wildman–Crippen MR) is 88.4 cm³/mol. The summed E-state index contributed by atoms with van der Waals surface area (Å²) in [7, 11) is 2.94. The Hall–Kier alpha value is -2.60. The molecule has 0 fully saturated rings.